The second kappa shape index (κ2) is 9.02. The highest BCUT2D eigenvalue weighted by molar-refractivity contribution is 6.42. The Morgan fingerprint density at radius 1 is 0.967 bits per heavy atom. The Morgan fingerprint density at radius 2 is 1.67 bits per heavy atom. The van der Waals surface area contributed by atoms with Gasteiger partial charge in [0.1, 0.15) is 17.4 Å². The van der Waals surface area contributed by atoms with E-state index in [0.29, 0.717) is 48.5 Å². The van der Waals surface area contributed by atoms with Crippen molar-refractivity contribution in [3.8, 4) is 17.2 Å². The summed E-state index contributed by atoms with van der Waals surface area (Å²) in [6.07, 6.45) is -0.685. The van der Waals surface area contributed by atoms with Crippen molar-refractivity contribution in [1.82, 2.24) is 9.80 Å². The number of hydrogen-bond acceptors (Lipinski definition) is 5. The lowest BCUT2D eigenvalue weighted by Crippen LogP contribution is -2.55. The van der Waals surface area contributed by atoms with Crippen LogP contribution in [0.2, 0.25) is 10.0 Å². The molecule has 1 atom stereocenters. The molecule has 0 saturated carbocycles. The predicted molar refractivity (Wildman–Crippen MR) is 111 cm³/mol. The summed E-state index contributed by atoms with van der Waals surface area (Å²) in [4.78, 5) is 28.6. The Hall–Kier alpha value is -2.64. The molecule has 158 valence electrons. The summed E-state index contributed by atoms with van der Waals surface area (Å²) in [5.41, 5.74) is 0. The average molecular weight is 451 g/mol. The molecule has 7 nitrogen and oxygen atoms in total. The van der Waals surface area contributed by atoms with Crippen molar-refractivity contribution in [2.75, 3.05) is 39.4 Å². The molecule has 2 aromatic rings. The fourth-order valence-electron chi connectivity index (χ4n) is 3.35. The van der Waals surface area contributed by atoms with Crippen LogP contribution in [0, 0.1) is 0 Å². The molecule has 0 aromatic heterocycles. The summed E-state index contributed by atoms with van der Waals surface area (Å²) in [5.74, 6) is 1.24. The third-order valence-corrected chi connectivity index (χ3v) is 5.80. The fourth-order valence-corrected chi connectivity index (χ4v) is 3.69. The molecule has 2 aliphatic heterocycles. The smallest absolute Gasteiger partial charge is 0.267 e. The first-order valence-corrected chi connectivity index (χ1v) is 10.3. The van der Waals surface area contributed by atoms with Crippen LogP contribution in [0.15, 0.2) is 42.5 Å². The number of hydrogen-bond donors (Lipinski definition) is 0. The van der Waals surface area contributed by atoms with E-state index in [4.69, 9.17) is 37.4 Å². The lowest BCUT2D eigenvalue weighted by atomic mass is 10.2. The van der Waals surface area contributed by atoms with Crippen molar-refractivity contribution >= 4 is 35.0 Å². The van der Waals surface area contributed by atoms with Gasteiger partial charge >= 0.3 is 0 Å². The molecule has 1 fully saturated rings. The van der Waals surface area contributed by atoms with Gasteiger partial charge in [-0.3, -0.25) is 9.59 Å². The van der Waals surface area contributed by atoms with Crippen LogP contribution in [0.25, 0.3) is 0 Å². The van der Waals surface area contributed by atoms with Crippen molar-refractivity contribution in [3.63, 3.8) is 0 Å². The first-order chi connectivity index (χ1) is 14.5. The van der Waals surface area contributed by atoms with E-state index >= 15 is 0 Å². The molecule has 2 aliphatic rings. The largest absolute Gasteiger partial charge is 0.485 e. The van der Waals surface area contributed by atoms with Crippen molar-refractivity contribution in [3.05, 3.63) is 52.5 Å². The molecule has 4 rings (SSSR count). The van der Waals surface area contributed by atoms with Crippen LogP contribution in [-0.2, 0) is 9.59 Å². The molecule has 0 spiro atoms. The standard InChI is InChI=1S/C21H20Cl2N2O5/c22-14-4-3-7-17(20(14)23)29-13-19(26)24-8-10-25(11-9-24)21(27)18-12-28-15-5-1-2-6-16(15)30-18/h1-7,18H,8-13H2. The number of ether oxygens (including phenoxy) is 3. The van der Waals surface area contributed by atoms with Crippen molar-refractivity contribution < 1.29 is 23.8 Å². The van der Waals surface area contributed by atoms with Gasteiger partial charge in [0.15, 0.2) is 18.1 Å². The monoisotopic (exact) mass is 450 g/mol. The topological polar surface area (TPSA) is 68.3 Å². The van der Waals surface area contributed by atoms with Crippen LogP contribution in [0.4, 0.5) is 0 Å². The molecule has 0 N–H and O–H groups in total. The van der Waals surface area contributed by atoms with Gasteiger partial charge in [-0.25, -0.2) is 0 Å². The zero-order valence-electron chi connectivity index (χ0n) is 16.1. The second-order valence-corrected chi connectivity index (χ2v) is 7.70. The Bertz CT molecular complexity index is 947. The summed E-state index contributed by atoms with van der Waals surface area (Å²) in [7, 11) is 0. The van der Waals surface area contributed by atoms with E-state index < -0.39 is 6.10 Å². The lowest BCUT2D eigenvalue weighted by Gasteiger charge is -2.37. The molecule has 0 radical (unpaired) electrons. The van der Waals surface area contributed by atoms with Crippen LogP contribution < -0.4 is 14.2 Å². The van der Waals surface area contributed by atoms with Gasteiger partial charge in [-0.05, 0) is 24.3 Å². The lowest BCUT2D eigenvalue weighted by molar-refractivity contribution is -0.146. The summed E-state index contributed by atoms with van der Waals surface area (Å²) >= 11 is 12.0. The Kier molecular flexibility index (Phi) is 6.20. The summed E-state index contributed by atoms with van der Waals surface area (Å²) in [5, 5.41) is 0.643. The maximum absolute atomic E-state index is 12.8. The highest BCUT2D eigenvalue weighted by Crippen LogP contribution is 2.32. The molecule has 0 bridgehead atoms. The van der Waals surface area contributed by atoms with Gasteiger partial charge in [0.25, 0.3) is 11.8 Å². The number of halogens is 2. The van der Waals surface area contributed by atoms with Crippen LogP contribution in [-0.4, -0.2) is 67.1 Å². The van der Waals surface area contributed by atoms with Crippen molar-refractivity contribution in [2.45, 2.75) is 6.10 Å². The van der Waals surface area contributed by atoms with E-state index in [1.165, 1.54) is 0 Å². The van der Waals surface area contributed by atoms with E-state index in [1.807, 2.05) is 12.1 Å². The molecule has 1 unspecified atom stereocenters. The minimum absolute atomic E-state index is 0.140. The minimum Gasteiger partial charge on any atom is -0.485 e. The normalized spacial score (nSPS) is 18.1. The molecule has 2 amide bonds. The summed E-state index contributed by atoms with van der Waals surface area (Å²) in [6, 6.07) is 12.3. The van der Waals surface area contributed by atoms with E-state index in [2.05, 4.69) is 0 Å². The molecule has 0 aliphatic carbocycles. The zero-order chi connectivity index (χ0) is 21.1. The van der Waals surface area contributed by atoms with E-state index in [0.717, 1.165) is 0 Å². The van der Waals surface area contributed by atoms with Gasteiger partial charge in [-0.15, -0.1) is 0 Å². The number of rotatable bonds is 4. The van der Waals surface area contributed by atoms with E-state index in [1.54, 1.807) is 40.1 Å². The third kappa shape index (κ3) is 4.42. The summed E-state index contributed by atoms with van der Waals surface area (Å²) in [6.45, 7) is 1.70. The number of fused-ring (bicyclic) bond motifs is 1. The maximum atomic E-state index is 12.8. The molecule has 2 aromatic carbocycles. The molecule has 9 heteroatoms. The number of carbonyl (C=O) groups is 2. The average Bonchev–Trinajstić information content (AvgIpc) is 2.79. The minimum atomic E-state index is -0.685. The Labute approximate surface area is 184 Å². The molecular weight excluding hydrogens is 431 g/mol. The second-order valence-electron chi connectivity index (χ2n) is 6.91. The van der Waals surface area contributed by atoms with Crippen LogP contribution in [0.1, 0.15) is 0 Å². The quantitative estimate of drug-likeness (QED) is 0.716. The highest BCUT2D eigenvalue weighted by atomic mass is 35.5. The number of piperazine rings is 1. The fraction of sp³-hybridized carbons (Fsp3) is 0.333. The van der Waals surface area contributed by atoms with Gasteiger partial charge in [-0.2, -0.15) is 0 Å². The number of amides is 2. The zero-order valence-corrected chi connectivity index (χ0v) is 17.6. The molecular formula is C21H20Cl2N2O5. The number of para-hydroxylation sites is 2. The predicted octanol–water partition coefficient (Wildman–Crippen LogP) is 2.88. The van der Waals surface area contributed by atoms with Gasteiger partial charge in [0, 0.05) is 26.2 Å². The first-order valence-electron chi connectivity index (χ1n) is 9.55. The molecule has 2 heterocycles. The van der Waals surface area contributed by atoms with Gasteiger partial charge in [-0.1, -0.05) is 41.4 Å². The van der Waals surface area contributed by atoms with Crippen molar-refractivity contribution in [2.24, 2.45) is 0 Å². The van der Waals surface area contributed by atoms with Gasteiger partial charge in [0.05, 0.1) is 5.02 Å². The molecule has 30 heavy (non-hydrogen) atoms. The Morgan fingerprint density at radius 3 is 2.43 bits per heavy atom. The highest BCUT2D eigenvalue weighted by Gasteiger charge is 2.33. The molecule has 1 saturated heterocycles. The van der Waals surface area contributed by atoms with Crippen LogP contribution in [0.5, 0.6) is 17.2 Å². The van der Waals surface area contributed by atoms with Crippen molar-refractivity contribution in [1.29, 1.82) is 0 Å². The Balaban J connectivity index is 1.27. The number of carbonyl (C=O) groups excluding carboxylic acids is 2. The SMILES string of the molecule is O=C(COc1cccc(Cl)c1Cl)N1CCN(C(=O)C2COc3ccccc3O2)CC1. The van der Waals surface area contributed by atoms with Gasteiger partial charge < -0.3 is 24.0 Å². The maximum Gasteiger partial charge on any atom is 0.267 e. The van der Waals surface area contributed by atoms with Crippen LogP contribution in [0.3, 0.4) is 0 Å². The van der Waals surface area contributed by atoms with Gasteiger partial charge in [0.2, 0.25) is 6.10 Å². The number of nitrogens with zero attached hydrogens (tertiary/aromatic N) is 2. The van der Waals surface area contributed by atoms with E-state index in [9.17, 15) is 9.59 Å². The first kappa shape index (κ1) is 20.6. The third-order valence-electron chi connectivity index (χ3n) is 5.00. The van der Waals surface area contributed by atoms with E-state index in [-0.39, 0.29) is 30.1 Å². The van der Waals surface area contributed by atoms with Crippen LogP contribution >= 0.6 is 23.2 Å². The summed E-state index contributed by atoms with van der Waals surface area (Å²) < 4.78 is 16.9. The number of benzene rings is 2.